The van der Waals surface area contributed by atoms with Crippen molar-refractivity contribution in [1.82, 2.24) is 15.2 Å². The summed E-state index contributed by atoms with van der Waals surface area (Å²) < 4.78 is 5.74. The fourth-order valence-corrected chi connectivity index (χ4v) is 4.11. The van der Waals surface area contributed by atoms with E-state index in [0.717, 1.165) is 43.4 Å². The molecule has 134 valence electrons. The van der Waals surface area contributed by atoms with Crippen molar-refractivity contribution in [2.45, 2.75) is 51.3 Å². The summed E-state index contributed by atoms with van der Waals surface area (Å²) in [5, 5.41) is 4.38. The van der Waals surface area contributed by atoms with Crippen molar-refractivity contribution in [1.29, 1.82) is 0 Å². The van der Waals surface area contributed by atoms with E-state index in [9.17, 15) is 4.79 Å². The van der Waals surface area contributed by atoms with Gasteiger partial charge in [0, 0.05) is 54.3 Å². The fraction of sp³-hybridized carbons (Fsp3) is 0.550. The first-order valence-electron chi connectivity index (χ1n) is 9.18. The summed E-state index contributed by atoms with van der Waals surface area (Å²) in [5.41, 5.74) is 4.36. The van der Waals surface area contributed by atoms with Crippen LogP contribution < -0.4 is 5.32 Å². The van der Waals surface area contributed by atoms with Gasteiger partial charge >= 0.3 is 0 Å². The Hall–Kier alpha value is -1.85. The molecule has 4 rings (SSSR count). The average Bonchev–Trinajstić information content (AvgIpc) is 2.91. The molecule has 0 radical (unpaired) electrons. The highest BCUT2D eigenvalue weighted by Crippen LogP contribution is 2.28. The van der Waals surface area contributed by atoms with E-state index in [1.807, 2.05) is 18.2 Å². The van der Waals surface area contributed by atoms with Crippen LogP contribution in [0.4, 0.5) is 0 Å². The zero-order chi connectivity index (χ0) is 17.6. The molecule has 1 atom stereocenters. The number of nitrogens with one attached hydrogen (secondary N) is 2. The summed E-state index contributed by atoms with van der Waals surface area (Å²) in [7, 11) is 2.14. The summed E-state index contributed by atoms with van der Waals surface area (Å²) in [6.45, 7) is 6.88. The first kappa shape index (κ1) is 16.6. The van der Waals surface area contributed by atoms with Crippen molar-refractivity contribution < 1.29 is 9.53 Å². The predicted molar refractivity (Wildman–Crippen MR) is 98.9 cm³/mol. The second-order valence-corrected chi connectivity index (χ2v) is 8.10. The van der Waals surface area contributed by atoms with E-state index in [-0.39, 0.29) is 17.6 Å². The van der Waals surface area contributed by atoms with E-state index in [2.05, 4.69) is 36.1 Å². The highest BCUT2D eigenvalue weighted by Gasteiger charge is 2.30. The van der Waals surface area contributed by atoms with Crippen LogP contribution in [0.15, 0.2) is 18.2 Å². The number of aromatic nitrogens is 1. The molecule has 5 nitrogen and oxygen atoms in total. The fourth-order valence-electron chi connectivity index (χ4n) is 4.11. The molecule has 1 amide bonds. The molecule has 25 heavy (non-hydrogen) atoms. The number of H-pyrrole nitrogens is 1. The molecule has 2 aliphatic heterocycles. The number of hydrogen-bond donors (Lipinski definition) is 2. The molecule has 0 aliphatic carbocycles. The maximum Gasteiger partial charge on any atom is 0.251 e. The van der Waals surface area contributed by atoms with Gasteiger partial charge in [-0.3, -0.25) is 4.79 Å². The Morgan fingerprint density at radius 3 is 3.04 bits per heavy atom. The smallest absolute Gasteiger partial charge is 0.251 e. The van der Waals surface area contributed by atoms with Crippen LogP contribution in [0.25, 0.3) is 10.9 Å². The molecule has 2 aliphatic rings. The van der Waals surface area contributed by atoms with Crippen molar-refractivity contribution in [2.75, 3.05) is 20.2 Å². The van der Waals surface area contributed by atoms with Gasteiger partial charge in [-0.1, -0.05) is 0 Å². The van der Waals surface area contributed by atoms with Gasteiger partial charge in [0.15, 0.2) is 0 Å². The second kappa shape index (κ2) is 6.15. The maximum atomic E-state index is 12.7. The van der Waals surface area contributed by atoms with Crippen molar-refractivity contribution in [3.63, 3.8) is 0 Å². The molecule has 2 aromatic rings. The van der Waals surface area contributed by atoms with Gasteiger partial charge in [-0.2, -0.15) is 0 Å². The highest BCUT2D eigenvalue weighted by molar-refractivity contribution is 5.99. The normalized spacial score (nSPS) is 23.4. The zero-order valence-corrected chi connectivity index (χ0v) is 15.3. The number of fused-ring (bicyclic) bond motifs is 3. The standard InChI is InChI=1S/C20H27N3O2/c1-20(2)11-14(7-9-25-20)21-19(24)13-4-5-17-15(10-13)16-12-23(3)8-6-18(16)22-17/h4-5,10,14,22H,6-9,11-12H2,1-3H3,(H,21,24). The molecule has 1 unspecified atom stereocenters. The number of rotatable bonds is 2. The van der Waals surface area contributed by atoms with Crippen molar-refractivity contribution in [2.24, 2.45) is 0 Å². The third kappa shape index (κ3) is 3.31. The number of benzene rings is 1. The zero-order valence-electron chi connectivity index (χ0n) is 15.3. The average molecular weight is 341 g/mol. The van der Waals surface area contributed by atoms with E-state index in [1.165, 1.54) is 16.6 Å². The summed E-state index contributed by atoms with van der Waals surface area (Å²) in [4.78, 5) is 18.6. The van der Waals surface area contributed by atoms with Crippen LogP contribution in [0, 0.1) is 0 Å². The first-order valence-corrected chi connectivity index (χ1v) is 9.18. The van der Waals surface area contributed by atoms with Gasteiger partial charge in [0.2, 0.25) is 0 Å². The van der Waals surface area contributed by atoms with Crippen LogP contribution in [0.3, 0.4) is 0 Å². The van der Waals surface area contributed by atoms with Crippen LogP contribution >= 0.6 is 0 Å². The number of carbonyl (C=O) groups is 1. The summed E-state index contributed by atoms with van der Waals surface area (Å²) in [5.74, 6) is 0.0173. The van der Waals surface area contributed by atoms with E-state index in [0.29, 0.717) is 6.61 Å². The van der Waals surface area contributed by atoms with Gasteiger partial charge in [-0.05, 0) is 57.5 Å². The number of aromatic amines is 1. The van der Waals surface area contributed by atoms with Gasteiger partial charge in [-0.15, -0.1) is 0 Å². The van der Waals surface area contributed by atoms with Gasteiger partial charge in [0.05, 0.1) is 5.60 Å². The Morgan fingerprint density at radius 2 is 2.24 bits per heavy atom. The predicted octanol–water partition coefficient (Wildman–Crippen LogP) is 2.84. The molecule has 1 fully saturated rings. The van der Waals surface area contributed by atoms with Crippen LogP contribution in [0.2, 0.25) is 0 Å². The molecule has 0 spiro atoms. The number of amides is 1. The lowest BCUT2D eigenvalue weighted by atomic mass is 9.93. The molecule has 2 N–H and O–H groups in total. The monoisotopic (exact) mass is 341 g/mol. The Labute approximate surface area is 148 Å². The lowest BCUT2D eigenvalue weighted by Gasteiger charge is -2.35. The molecule has 1 aromatic heterocycles. The molecule has 3 heterocycles. The van der Waals surface area contributed by atoms with Crippen LogP contribution in [0.5, 0.6) is 0 Å². The lowest BCUT2D eigenvalue weighted by molar-refractivity contribution is -0.0615. The van der Waals surface area contributed by atoms with E-state index in [4.69, 9.17) is 4.74 Å². The number of carbonyl (C=O) groups excluding carboxylic acids is 1. The minimum atomic E-state index is -0.162. The molecule has 1 aromatic carbocycles. The number of ether oxygens (including phenoxy) is 1. The molecule has 1 saturated heterocycles. The van der Waals surface area contributed by atoms with Gasteiger partial charge in [0.25, 0.3) is 5.91 Å². The van der Waals surface area contributed by atoms with Gasteiger partial charge < -0.3 is 19.9 Å². The third-order valence-corrected chi connectivity index (χ3v) is 5.46. The first-order chi connectivity index (χ1) is 11.9. The van der Waals surface area contributed by atoms with Crippen LogP contribution in [-0.2, 0) is 17.7 Å². The van der Waals surface area contributed by atoms with Crippen molar-refractivity contribution in [3.8, 4) is 0 Å². The Kier molecular flexibility index (Phi) is 4.08. The minimum absolute atomic E-state index is 0.0173. The van der Waals surface area contributed by atoms with Crippen molar-refractivity contribution >= 4 is 16.8 Å². The molecule has 0 saturated carbocycles. The molecule has 5 heteroatoms. The Bertz CT molecular complexity index is 809. The topological polar surface area (TPSA) is 57.4 Å². The van der Waals surface area contributed by atoms with E-state index < -0.39 is 0 Å². The number of likely N-dealkylation sites (N-methyl/N-ethyl adjacent to an activating group) is 1. The number of nitrogens with zero attached hydrogens (tertiary/aromatic N) is 1. The second-order valence-electron chi connectivity index (χ2n) is 8.10. The lowest BCUT2D eigenvalue weighted by Crippen LogP contribution is -2.45. The van der Waals surface area contributed by atoms with Gasteiger partial charge in [0.1, 0.15) is 0 Å². The third-order valence-electron chi connectivity index (χ3n) is 5.46. The van der Waals surface area contributed by atoms with Gasteiger partial charge in [-0.25, -0.2) is 0 Å². The maximum absolute atomic E-state index is 12.7. The summed E-state index contributed by atoms with van der Waals surface area (Å²) in [6.07, 6.45) is 2.77. The minimum Gasteiger partial charge on any atom is -0.375 e. The summed E-state index contributed by atoms with van der Waals surface area (Å²) in [6, 6.07) is 6.19. The summed E-state index contributed by atoms with van der Waals surface area (Å²) >= 11 is 0. The Morgan fingerprint density at radius 1 is 1.40 bits per heavy atom. The van der Waals surface area contributed by atoms with E-state index >= 15 is 0 Å². The highest BCUT2D eigenvalue weighted by atomic mass is 16.5. The quantitative estimate of drug-likeness (QED) is 0.883. The number of hydrogen-bond acceptors (Lipinski definition) is 3. The van der Waals surface area contributed by atoms with Crippen LogP contribution in [0.1, 0.15) is 48.3 Å². The Balaban J connectivity index is 1.57. The molecule has 0 bridgehead atoms. The van der Waals surface area contributed by atoms with Crippen molar-refractivity contribution in [3.05, 3.63) is 35.0 Å². The largest absolute Gasteiger partial charge is 0.375 e. The SMILES string of the molecule is CN1CCc2[nH]c3ccc(C(=O)NC4CCOC(C)(C)C4)cc3c2C1. The molecular weight excluding hydrogens is 314 g/mol. The van der Waals surface area contributed by atoms with Crippen LogP contribution in [-0.4, -0.2) is 47.6 Å². The van der Waals surface area contributed by atoms with E-state index in [1.54, 1.807) is 0 Å². The molecular formula is C20H27N3O2.